The van der Waals surface area contributed by atoms with Crippen molar-refractivity contribution >= 4 is 12.1 Å². The Hall–Kier alpha value is -2.36. The molecule has 1 aromatic heterocycles. The number of nitrogens with two attached hydrogens (primary N) is 1. The van der Waals surface area contributed by atoms with E-state index in [9.17, 15) is 9.59 Å². The molecule has 27 heavy (non-hydrogen) atoms. The fourth-order valence-electron chi connectivity index (χ4n) is 2.72. The lowest BCUT2D eigenvalue weighted by atomic mass is 10.1. The van der Waals surface area contributed by atoms with Gasteiger partial charge in [0.1, 0.15) is 17.7 Å². The molecule has 0 spiro atoms. The van der Waals surface area contributed by atoms with Crippen LogP contribution in [-0.2, 0) is 9.47 Å². The quantitative estimate of drug-likeness (QED) is 0.770. The fourth-order valence-corrected chi connectivity index (χ4v) is 2.72. The summed E-state index contributed by atoms with van der Waals surface area (Å²) in [5, 5.41) is 6.62. The molecule has 1 aliphatic heterocycles. The molecule has 10 nitrogen and oxygen atoms in total. The Balaban J connectivity index is 2.17. The van der Waals surface area contributed by atoms with Gasteiger partial charge in [-0.2, -0.15) is 4.98 Å². The molecule has 2 heterocycles. The molecule has 152 valence electrons. The van der Waals surface area contributed by atoms with Gasteiger partial charge >= 0.3 is 12.1 Å². The van der Waals surface area contributed by atoms with Gasteiger partial charge < -0.3 is 25.0 Å². The summed E-state index contributed by atoms with van der Waals surface area (Å²) < 4.78 is 16.3. The second-order valence-corrected chi connectivity index (χ2v) is 7.46. The number of carbonyl (C=O) groups is 2. The number of primary amides is 1. The summed E-state index contributed by atoms with van der Waals surface area (Å²) in [7, 11) is 0. The largest absolute Gasteiger partial charge is 0.444 e. The summed E-state index contributed by atoms with van der Waals surface area (Å²) in [4.78, 5) is 29.7. The molecule has 1 saturated heterocycles. The Kier molecular flexibility index (Phi) is 7.00. The molecule has 10 heteroatoms. The van der Waals surface area contributed by atoms with E-state index in [1.165, 1.54) is 4.90 Å². The molecule has 0 aliphatic carbocycles. The van der Waals surface area contributed by atoms with Crippen LogP contribution in [0.4, 0.5) is 9.59 Å². The number of hydrogen-bond acceptors (Lipinski definition) is 7. The third-order valence-corrected chi connectivity index (χ3v) is 3.97. The van der Waals surface area contributed by atoms with E-state index in [4.69, 9.17) is 19.7 Å². The average molecular weight is 383 g/mol. The first kappa shape index (κ1) is 20.9. The van der Waals surface area contributed by atoms with Crippen molar-refractivity contribution in [1.82, 2.24) is 20.4 Å². The summed E-state index contributed by atoms with van der Waals surface area (Å²) in [5.74, 6) is 0.565. The monoisotopic (exact) mass is 383 g/mol. The first-order chi connectivity index (χ1) is 12.7. The molecule has 2 atom stereocenters. The van der Waals surface area contributed by atoms with Crippen LogP contribution < -0.4 is 11.1 Å². The zero-order valence-corrected chi connectivity index (χ0v) is 16.4. The summed E-state index contributed by atoms with van der Waals surface area (Å²) in [5.41, 5.74) is 4.63. The number of rotatable bonds is 6. The number of ether oxygens (including phenoxy) is 2. The van der Waals surface area contributed by atoms with Crippen molar-refractivity contribution in [3.8, 4) is 0 Å². The van der Waals surface area contributed by atoms with E-state index in [0.29, 0.717) is 25.4 Å². The van der Waals surface area contributed by atoms with Crippen molar-refractivity contribution in [3.63, 3.8) is 0 Å². The molecule has 2 rings (SSSR count). The first-order valence-corrected chi connectivity index (χ1v) is 9.18. The van der Waals surface area contributed by atoms with Gasteiger partial charge in [0.25, 0.3) is 0 Å². The first-order valence-electron chi connectivity index (χ1n) is 9.18. The highest BCUT2D eigenvalue weighted by Crippen LogP contribution is 2.26. The van der Waals surface area contributed by atoms with E-state index in [2.05, 4.69) is 15.5 Å². The number of nitrogens with one attached hydrogen (secondary N) is 1. The molecule has 0 radical (unpaired) electrons. The summed E-state index contributed by atoms with van der Waals surface area (Å²) in [6.45, 7) is 8.46. The average Bonchev–Trinajstić information content (AvgIpc) is 3.06. The lowest BCUT2D eigenvalue weighted by Crippen LogP contribution is -2.46. The van der Waals surface area contributed by atoms with Crippen LogP contribution in [0.15, 0.2) is 4.52 Å². The number of urea groups is 1. The predicted molar refractivity (Wildman–Crippen MR) is 95.8 cm³/mol. The molecular formula is C17H29N5O5. The maximum Gasteiger partial charge on any atom is 0.411 e. The van der Waals surface area contributed by atoms with Crippen molar-refractivity contribution < 1.29 is 23.6 Å². The van der Waals surface area contributed by atoms with Crippen LogP contribution in [0.3, 0.4) is 0 Å². The van der Waals surface area contributed by atoms with E-state index in [0.717, 1.165) is 12.8 Å². The summed E-state index contributed by atoms with van der Waals surface area (Å²) >= 11 is 0. The van der Waals surface area contributed by atoms with Gasteiger partial charge in [-0.15, -0.1) is 0 Å². The van der Waals surface area contributed by atoms with Crippen LogP contribution >= 0.6 is 0 Å². The van der Waals surface area contributed by atoms with Gasteiger partial charge in [-0.3, -0.25) is 4.90 Å². The van der Waals surface area contributed by atoms with Crippen LogP contribution in [0.25, 0.3) is 0 Å². The molecule has 0 aromatic carbocycles. The minimum absolute atomic E-state index is 0.237. The topological polar surface area (TPSA) is 133 Å². The molecular weight excluding hydrogens is 354 g/mol. The summed E-state index contributed by atoms with van der Waals surface area (Å²) in [6, 6.07) is -1.65. The zero-order valence-electron chi connectivity index (χ0n) is 16.4. The minimum Gasteiger partial charge on any atom is -0.444 e. The number of amides is 3. The highest BCUT2D eigenvalue weighted by atomic mass is 16.6. The molecule has 3 amide bonds. The van der Waals surface area contributed by atoms with Gasteiger partial charge in [-0.25, -0.2) is 9.59 Å². The van der Waals surface area contributed by atoms with Crippen molar-refractivity contribution in [2.45, 2.75) is 64.6 Å². The van der Waals surface area contributed by atoms with E-state index in [1.807, 2.05) is 6.92 Å². The Bertz CT molecular complexity index is 642. The fraction of sp³-hybridized carbons (Fsp3) is 0.765. The van der Waals surface area contributed by atoms with E-state index >= 15 is 0 Å². The number of nitrogens with zero attached hydrogens (tertiary/aromatic N) is 3. The van der Waals surface area contributed by atoms with Gasteiger partial charge in [0, 0.05) is 6.54 Å². The SMILES string of the molecule is CCCC[C@H](NC(N)=O)c1nc([C@@H]2COCCN2C(=O)OC(C)(C)C)no1. The number of hydrogen-bond donors (Lipinski definition) is 2. The lowest BCUT2D eigenvalue weighted by molar-refractivity contribution is -0.0354. The molecule has 0 saturated carbocycles. The van der Waals surface area contributed by atoms with Crippen molar-refractivity contribution in [3.05, 3.63) is 11.7 Å². The molecule has 1 fully saturated rings. The molecule has 3 N–H and O–H groups in total. The Morgan fingerprint density at radius 3 is 2.81 bits per heavy atom. The van der Waals surface area contributed by atoms with Crippen LogP contribution in [0, 0.1) is 0 Å². The Morgan fingerprint density at radius 2 is 2.19 bits per heavy atom. The normalized spacial score (nSPS) is 18.8. The number of unbranched alkanes of at least 4 members (excludes halogenated alkanes) is 1. The lowest BCUT2D eigenvalue weighted by Gasteiger charge is -2.34. The maximum atomic E-state index is 12.5. The maximum absolute atomic E-state index is 12.5. The van der Waals surface area contributed by atoms with Crippen LogP contribution in [-0.4, -0.2) is 52.5 Å². The van der Waals surface area contributed by atoms with Crippen LogP contribution in [0.5, 0.6) is 0 Å². The molecule has 0 unspecified atom stereocenters. The number of morpholine rings is 1. The smallest absolute Gasteiger partial charge is 0.411 e. The molecule has 1 aliphatic rings. The Labute approximate surface area is 158 Å². The van der Waals surface area contributed by atoms with Crippen LogP contribution in [0.1, 0.15) is 70.8 Å². The van der Waals surface area contributed by atoms with E-state index in [-0.39, 0.29) is 12.5 Å². The number of aromatic nitrogens is 2. The van der Waals surface area contributed by atoms with Crippen molar-refractivity contribution in [1.29, 1.82) is 0 Å². The predicted octanol–water partition coefficient (Wildman–Crippen LogP) is 2.28. The molecule has 0 bridgehead atoms. The van der Waals surface area contributed by atoms with E-state index < -0.39 is 29.8 Å². The van der Waals surface area contributed by atoms with Gasteiger partial charge in [0.05, 0.1) is 13.2 Å². The van der Waals surface area contributed by atoms with Crippen LogP contribution in [0.2, 0.25) is 0 Å². The van der Waals surface area contributed by atoms with Gasteiger partial charge in [0.2, 0.25) is 5.89 Å². The zero-order chi connectivity index (χ0) is 20.0. The summed E-state index contributed by atoms with van der Waals surface area (Å²) in [6.07, 6.45) is 1.97. The highest BCUT2D eigenvalue weighted by Gasteiger charge is 2.35. The third kappa shape index (κ3) is 6.09. The third-order valence-electron chi connectivity index (χ3n) is 3.97. The van der Waals surface area contributed by atoms with Gasteiger partial charge in [0.15, 0.2) is 5.82 Å². The Morgan fingerprint density at radius 1 is 1.44 bits per heavy atom. The standard InChI is InChI=1S/C17H29N5O5/c1-5-6-7-11(19-15(18)23)14-20-13(21-27-14)12-10-25-9-8-22(12)16(24)26-17(2,3)4/h11-12H,5-10H2,1-4H3,(H3,18,19,23)/t11-,12-/m0/s1. The number of carbonyl (C=O) groups excluding carboxylic acids is 2. The second-order valence-electron chi connectivity index (χ2n) is 7.46. The second kappa shape index (κ2) is 9.03. The minimum atomic E-state index is -0.660. The van der Waals surface area contributed by atoms with Gasteiger partial charge in [-0.1, -0.05) is 24.9 Å². The van der Waals surface area contributed by atoms with Crippen molar-refractivity contribution in [2.24, 2.45) is 5.73 Å². The molecule has 1 aromatic rings. The van der Waals surface area contributed by atoms with E-state index in [1.54, 1.807) is 20.8 Å². The van der Waals surface area contributed by atoms with Crippen molar-refractivity contribution in [2.75, 3.05) is 19.8 Å². The van der Waals surface area contributed by atoms with Gasteiger partial charge in [-0.05, 0) is 27.2 Å². The highest BCUT2D eigenvalue weighted by molar-refractivity contribution is 5.72.